The third kappa shape index (κ3) is 1.87. The van der Waals surface area contributed by atoms with Crippen molar-refractivity contribution >= 4 is 27.1 Å². The van der Waals surface area contributed by atoms with Crippen LogP contribution in [0.25, 0.3) is 11.2 Å². The topological polar surface area (TPSA) is 124 Å². The van der Waals surface area contributed by atoms with Gasteiger partial charge < -0.3 is 5.73 Å². The molecular formula is C6H7N5O3S. The lowest BCUT2D eigenvalue weighted by molar-refractivity contribution is 0.472. The number of nitrogens with zero attached hydrogens (tertiary/aromatic N) is 4. The van der Waals surface area contributed by atoms with Crippen molar-refractivity contribution in [1.29, 1.82) is 0 Å². The van der Waals surface area contributed by atoms with Gasteiger partial charge in [-0.05, 0) is 0 Å². The van der Waals surface area contributed by atoms with E-state index in [-0.39, 0.29) is 11.5 Å². The number of hydrogen-bond acceptors (Lipinski definition) is 6. The van der Waals surface area contributed by atoms with Gasteiger partial charge >= 0.3 is 0 Å². The summed E-state index contributed by atoms with van der Waals surface area (Å²) in [5.74, 6) is -0.450. The first-order valence-corrected chi connectivity index (χ1v) is 5.45. The van der Waals surface area contributed by atoms with E-state index in [0.29, 0.717) is 5.52 Å². The fourth-order valence-corrected chi connectivity index (χ4v) is 1.71. The number of imidazole rings is 1. The maximum absolute atomic E-state index is 10.7. The quantitative estimate of drug-likeness (QED) is 0.649. The van der Waals surface area contributed by atoms with Crippen LogP contribution in [-0.2, 0) is 16.0 Å². The van der Waals surface area contributed by atoms with Crippen molar-refractivity contribution < 1.29 is 13.0 Å². The largest absolute Gasteiger partial charge is 0.382 e. The smallest absolute Gasteiger partial charge is 0.283 e. The molecule has 0 atom stereocenters. The Morgan fingerprint density at radius 1 is 1.40 bits per heavy atom. The minimum absolute atomic E-state index is 0.161. The fourth-order valence-electron chi connectivity index (χ4n) is 1.17. The van der Waals surface area contributed by atoms with Crippen LogP contribution in [0, 0.1) is 0 Å². The number of anilines is 1. The zero-order valence-corrected chi connectivity index (χ0v) is 8.22. The molecule has 0 saturated heterocycles. The third-order valence-corrected chi connectivity index (χ3v) is 2.34. The second kappa shape index (κ2) is 3.14. The van der Waals surface area contributed by atoms with E-state index in [9.17, 15) is 8.42 Å². The molecule has 8 nitrogen and oxygen atoms in total. The summed E-state index contributed by atoms with van der Waals surface area (Å²) in [6.45, 7) is 0. The van der Waals surface area contributed by atoms with Crippen LogP contribution in [0.1, 0.15) is 0 Å². The third-order valence-electron chi connectivity index (χ3n) is 1.73. The predicted octanol–water partition coefficient (Wildman–Crippen LogP) is -0.746. The van der Waals surface area contributed by atoms with Crippen LogP contribution in [0.5, 0.6) is 0 Å². The fraction of sp³-hybridized carbons (Fsp3) is 0.167. The van der Waals surface area contributed by atoms with E-state index in [0.717, 1.165) is 0 Å². The van der Waals surface area contributed by atoms with E-state index in [1.54, 1.807) is 0 Å². The Balaban J connectivity index is 2.60. The molecule has 2 aromatic rings. The monoisotopic (exact) mass is 229 g/mol. The Kier molecular flexibility index (Phi) is 2.05. The zero-order chi connectivity index (χ0) is 11.1. The van der Waals surface area contributed by atoms with Crippen LogP contribution in [0.2, 0.25) is 0 Å². The molecule has 0 saturated carbocycles. The summed E-state index contributed by atoms with van der Waals surface area (Å²) < 4.78 is 31.2. The molecular weight excluding hydrogens is 222 g/mol. The van der Waals surface area contributed by atoms with Crippen LogP contribution in [-0.4, -0.2) is 32.5 Å². The molecule has 0 aromatic carbocycles. The van der Waals surface area contributed by atoms with Crippen molar-refractivity contribution in [1.82, 2.24) is 19.5 Å². The second-order valence-electron chi connectivity index (χ2n) is 2.86. The van der Waals surface area contributed by atoms with Gasteiger partial charge in [-0.3, -0.25) is 9.12 Å². The number of nitrogen functional groups attached to an aromatic ring is 1. The summed E-state index contributed by atoms with van der Waals surface area (Å²) in [4.78, 5) is 11.4. The van der Waals surface area contributed by atoms with Crippen molar-refractivity contribution in [3.8, 4) is 0 Å². The van der Waals surface area contributed by atoms with E-state index >= 15 is 0 Å². The van der Waals surface area contributed by atoms with Crippen LogP contribution in [0.4, 0.5) is 5.82 Å². The van der Waals surface area contributed by atoms with Crippen LogP contribution < -0.4 is 5.73 Å². The van der Waals surface area contributed by atoms with Crippen molar-refractivity contribution in [3.63, 3.8) is 0 Å². The molecule has 0 spiro atoms. The molecule has 15 heavy (non-hydrogen) atoms. The van der Waals surface area contributed by atoms with Gasteiger partial charge in [0, 0.05) is 0 Å². The molecule has 0 radical (unpaired) electrons. The highest BCUT2D eigenvalue weighted by atomic mass is 32.2. The van der Waals surface area contributed by atoms with Crippen LogP contribution in [0.3, 0.4) is 0 Å². The molecule has 2 heterocycles. The summed E-state index contributed by atoms with van der Waals surface area (Å²) in [5, 5.41) is 0. The molecule has 80 valence electrons. The Labute approximate surface area is 84.5 Å². The lowest BCUT2D eigenvalue weighted by atomic mass is 10.5. The average Bonchev–Trinajstić information content (AvgIpc) is 2.48. The summed E-state index contributed by atoms with van der Waals surface area (Å²) >= 11 is 0. The molecule has 0 amide bonds. The van der Waals surface area contributed by atoms with E-state index in [1.165, 1.54) is 17.2 Å². The van der Waals surface area contributed by atoms with Crippen molar-refractivity contribution in [3.05, 3.63) is 12.7 Å². The molecule has 9 heteroatoms. The number of hydrogen-bond donors (Lipinski definition) is 2. The van der Waals surface area contributed by atoms with Crippen molar-refractivity contribution in [2.75, 3.05) is 5.73 Å². The Morgan fingerprint density at radius 2 is 2.13 bits per heavy atom. The summed E-state index contributed by atoms with van der Waals surface area (Å²) in [7, 11) is -4.13. The van der Waals surface area contributed by atoms with Crippen molar-refractivity contribution in [2.24, 2.45) is 0 Å². The SMILES string of the molecule is Nc1ncnc2c1ncn2CS(=O)(=O)O. The number of nitrogens with two attached hydrogens (primary N) is 1. The molecule has 3 N–H and O–H groups in total. The number of rotatable bonds is 2. The first kappa shape index (κ1) is 9.80. The van der Waals surface area contributed by atoms with E-state index in [2.05, 4.69) is 15.0 Å². The van der Waals surface area contributed by atoms with Gasteiger partial charge in [-0.15, -0.1) is 0 Å². The van der Waals surface area contributed by atoms with Gasteiger partial charge in [0.15, 0.2) is 17.3 Å². The predicted molar refractivity (Wildman–Crippen MR) is 51.3 cm³/mol. The average molecular weight is 229 g/mol. The molecule has 0 aliphatic rings. The minimum atomic E-state index is -4.13. The van der Waals surface area contributed by atoms with Crippen LogP contribution >= 0.6 is 0 Å². The first-order valence-electron chi connectivity index (χ1n) is 3.84. The Morgan fingerprint density at radius 3 is 2.80 bits per heavy atom. The number of fused-ring (bicyclic) bond motifs is 1. The summed E-state index contributed by atoms with van der Waals surface area (Å²) in [6, 6.07) is 0. The molecule has 2 rings (SSSR count). The molecule has 0 unspecified atom stereocenters. The lowest BCUT2D eigenvalue weighted by Crippen LogP contribution is -2.09. The molecule has 0 bridgehead atoms. The number of aromatic nitrogens is 4. The second-order valence-corrected chi connectivity index (χ2v) is 4.28. The Hall–Kier alpha value is -1.74. The van der Waals surface area contributed by atoms with Crippen LogP contribution in [0.15, 0.2) is 12.7 Å². The maximum atomic E-state index is 10.7. The summed E-state index contributed by atoms with van der Waals surface area (Å²) in [6.07, 6.45) is 2.42. The van der Waals surface area contributed by atoms with E-state index < -0.39 is 16.0 Å². The van der Waals surface area contributed by atoms with E-state index in [1.807, 2.05) is 0 Å². The molecule has 0 fully saturated rings. The van der Waals surface area contributed by atoms with Gasteiger partial charge in [0.05, 0.1) is 6.33 Å². The lowest BCUT2D eigenvalue weighted by Gasteiger charge is -1.99. The van der Waals surface area contributed by atoms with Gasteiger partial charge in [-0.2, -0.15) is 8.42 Å². The minimum Gasteiger partial charge on any atom is -0.382 e. The standard InChI is InChI=1S/C6H7N5O3S/c7-5-4-6(9-1-8-5)11(2-10-4)3-15(12,13)14/h1-2H,3H2,(H2,7,8,9)(H,12,13,14). The molecule has 2 aromatic heterocycles. The Bertz CT molecular complexity index is 604. The van der Waals surface area contributed by atoms with Gasteiger partial charge in [0.1, 0.15) is 11.8 Å². The highest BCUT2D eigenvalue weighted by Crippen LogP contribution is 2.14. The maximum Gasteiger partial charge on any atom is 0.283 e. The summed E-state index contributed by atoms with van der Waals surface area (Å²) in [5.41, 5.74) is 6.07. The highest BCUT2D eigenvalue weighted by molar-refractivity contribution is 7.84. The van der Waals surface area contributed by atoms with Gasteiger partial charge in [0.25, 0.3) is 10.1 Å². The van der Waals surface area contributed by atoms with Gasteiger partial charge in [-0.1, -0.05) is 0 Å². The van der Waals surface area contributed by atoms with Gasteiger partial charge in [-0.25, -0.2) is 15.0 Å². The van der Waals surface area contributed by atoms with Gasteiger partial charge in [0.2, 0.25) is 0 Å². The molecule has 0 aliphatic heterocycles. The normalized spacial score (nSPS) is 12.1. The highest BCUT2D eigenvalue weighted by Gasteiger charge is 2.12. The zero-order valence-electron chi connectivity index (χ0n) is 7.40. The van der Waals surface area contributed by atoms with E-state index in [4.69, 9.17) is 10.3 Å². The first-order chi connectivity index (χ1) is 6.97. The van der Waals surface area contributed by atoms with Crippen molar-refractivity contribution in [2.45, 2.75) is 5.88 Å². The molecule has 0 aliphatic carbocycles.